The van der Waals surface area contributed by atoms with Gasteiger partial charge >= 0.3 is 0 Å². The number of hydrogen-bond donors (Lipinski definition) is 1. The van der Waals surface area contributed by atoms with Crippen LogP contribution in [-0.2, 0) is 14.6 Å². The summed E-state index contributed by atoms with van der Waals surface area (Å²) in [5, 5.41) is 2.38. The molecule has 0 radical (unpaired) electrons. The maximum atomic E-state index is 11.5. The first-order valence-corrected chi connectivity index (χ1v) is 6.77. The van der Waals surface area contributed by atoms with E-state index in [1.54, 1.807) is 0 Å². The summed E-state index contributed by atoms with van der Waals surface area (Å²) >= 11 is 0. The first kappa shape index (κ1) is 13.4. The van der Waals surface area contributed by atoms with Crippen LogP contribution in [-0.4, -0.2) is 32.9 Å². The molecule has 0 heterocycles. The van der Waals surface area contributed by atoms with Crippen molar-refractivity contribution in [3.05, 3.63) is 29.8 Å². The fraction of sp³-hybridized carbons (Fsp3) is 0.273. The summed E-state index contributed by atoms with van der Waals surface area (Å²) in [5.41, 5.74) is 0.367. The quantitative estimate of drug-likeness (QED) is 0.790. The van der Waals surface area contributed by atoms with Gasteiger partial charge in [0.05, 0.1) is 11.4 Å². The van der Waals surface area contributed by atoms with E-state index in [2.05, 4.69) is 5.32 Å². The third-order valence-electron chi connectivity index (χ3n) is 2.10. The van der Waals surface area contributed by atoms with Gasteiger partial charge in [-0.15, -0.1) is 0 Å². The highest BCUT2D eigenvalue weighted by molar-refractivity contribution is 7.90. The van der Waals surface area contributed by atoms with Crippen molar-refractivity contribution in [1.29, 1.82) is 0 Å². The molecule has 1 rings (SSSR count). The molecule has 92 valence electrons. The zero-order valence-electron chi connectivity index (χ0n) is 9.56. The summed E-state index contributed by atoms with van der Waals surface area (Å²) in [4.78, 5) is 22.3. The van der Waals surface area contributed by atoms with Gasteiger partial charge < -0.3 is 5.32 Å². The molecule has 0 atom stereocenters. The first-order chi connectivity index (χ1) is 7.80. The van der Waals surface area contributed by atoms with Gasteiger partial charge in [0.15, 0.2) is 15.6 Å². The summed E-state index contributed by atoms with van der Waals surface area (Å²) in [5.74, 6) is -0.550. The Kier molecular flexibility index (Phi) is 4.01. The van der Waals surface area contributed by atoms with Crippen molar-refractivity contribution >= 4 is 21.5 Å². The van der Waals surface area contributed by atoms with Crippen LogP contribution in [0.5, 0.6) is 0 Å². The number of amides is 1. The lowest BCUT2D eigenvalue weighted by atomic mass is 10.1. The van der Waals surface area contributed by atoms with Crippen LogP contribution in [0.25, 0.3) is 0 Å². The third-order valence-corrected chi connectivity index (χ3v) is 3.23. The maximum absolute atomic E-state index is 11.5. The second-order valence-corrected chi connectivity index (χ2v) is 5.65. The van der Waals surface area contributed by atoms with E-state index in [1.165, 1.54) is 31.2 Å². The predicted octanol–water partition coefficient (Wildman–Crippen LogP) is 0.409. The Morgan fingerprint density at radius 3 is 2.12 bits per heavy atom. The topological polar surface area (TPSA) is 80.3 Å². The fourth-order valence-electron chi connectivity index (χ4n) is 1.19. The van der Waals surface area contributed by atoms with Crippen LogP contribution in [0.15, 0.2) is 29.2 Å². The predicted molar refractivity (Wildman–Crippen MR) is 62.6 cm³/mol. The molecule has 0 saturated carbocycles. The molecular formula is C11H13NO4S. The summed E-state index contributed by atoms with van der Waals surface area (Å²) in [7, 11) is -3.25. The molecule has 1 amide bonds. The highest BCUT2D eigenvalue weighted by Crippen LogP contribution is 2.10. The number of carbonyl (C=O) groups is 2. The summed E-state index contributed by atoms with van der Waals surface area (Å²) < 4.78 is 22.4. The third kappa shape index (κ3) is 3.99. The summed E-state index contributed by atoms with van der Waals surface area (Å²) in [6.45, 7) is 1.23. The number of benzene rings is 1. The zero-order chi connectivity index (χ0) is 13.1. The van der Waals surface area contributed by atoms with Crippen LogP contribution in [0, 0.1) is 0 Å². The molecule has 0 aliphatic carbocycles. The number of nitrogens with one attached hydrogen (secondary N) is 1. The van der Waals surface area contributed by atoms with Gasteiger partial charge in [0, 0.05) is 18.7 Å². The van der Waals surface area contributed by atoms with Crippen molar-refractivity contribution in [2.24, 2.45) is 0 Å². The fourth-order valence-corrected chi connectivity index (χ4v) is 1.83. The van der Waals surface area contributed by atoms with Crippen LogP contribution in [0.4, 0.5) is 0 Å². The van der Waals surface area contributed by atoms with E-state index < -0.39 is 9.84 Å². The second kappa shape index (κ2) is 5.09. The Bertz CT molecular complexity index is 531. The highest BCUT2D eigenvalue weighted by Gasteiger charge is 2.09. The molecule has 0 unspecified atom stereocenters. The van der Waals surface area contributed by atoms with Crippen LogP contribution in [0.1, 0.15) is 17.3 Å². The Balaban J connectivity index is 2.81. The highest BCUT2D eigenvalue weighted by atomic mass is 32.2. The van der Waals surface area contributed by atoms with E-state index in [9.17, 15) is 18.0 Å². The van der Waals surface area contributed by atoms with Gasteiger partial charge in [-0.05, 0) is 12.1 Å². The summed E-state index contributed by atoms with van der Waals surface area (Å²) in [6, 6.07) is 5.60. The van der Waals surface area contributed by atoms with Crippen LogP contribution in [0.2, 0.25) is 0 Å². The van der Waals surface area contributed by atoms with E-state index in [1.807, 2.05) is 0 Å². The van der Waals surface area contributed by atoms with Gasteiger partial charge in [0.1, 0.15) is 0 Å². The number of Topliss-reactive ketones (excluding diaryl/α,β-unsaturated/α-hetero) is 1. The molecule has 0 aromatic heterocycles. The molecule has 1 N–H and O–H groups in total. The normalized spacial score (nSPS) is 10.9. The zero-order valence-corrected chi connectivity index (χ0v) is 10.4. The Morgan fingerprint density at radius 1 is 1.18 bits per heavy atom. The van der Waals surface area contributed by atoms with Crippen LogP contribution < -0.4 is 5.32 Å². The standard InChI is InChI=1S/C11H13NO4S/c1-8(13)12-7-11(14)9-3-5-10(6-4-9)17(2,15)16/h3-6H,7H2,1-2H3,(H,12,13). The van der Waals surface area contributed by atoms with Gasteiger partial charge in [-0.1, -0.05) is 12.1 Å². The van der Waals surface area contributed by atoms with E-state index in [-0.39, 0.29) is 23.1 Å². The lowest BCUT2D eigenvalue weighted by Crippen LogP contribution is -2.27. The molecule has 0 bridgehead atoms. The molecule has 0 fully saturated rings. The second-order valence-electron chi connectivity index (χ2n) is 3.63. The van der Waals surface area contributed by atoms with E-state index in [0.29, 0.717) is 5.56 Å². The Morgan fingerprint density at radius 2 is 1.71 bits per heavy atom. The van der Waals surface area contributed by atoms with Crippen molar-refractivity contribution in [2.45, 2.75) is 11.8 Å². The van der Waals surface area contributed by atoms with Crippen molar-refractivity contribution in [3.8, 4) is 0 Å². The van der Waals surface area contributed by atoms with Crippen molar-refractivity contribution < 1.29 is 18.0 Å². The lowest BCUT2D eigenvalue weighted by Gasteiger charge is -2.03. The maximum Gasteiger partial charge on any atom is 0.217 e. The SMILES string of the molecule is CC(=O)NCC(=O)c1ccc(S(C)(=O)=O)cc1. The molecule has 1 aromatic rings. The van der Waals surface area contributed by atoms with E-state index >= 15 is 0 Å². The molecule has 6 heteroatoms. The van der Waals surface area contributed by atoms with Gasteiger partial charge in [0.2, 0.25) is 5.91 Å². The number of sulfone groups is 1. The van der Waals surface area contributed by atoms with Gasteiger partial charge in [0.25, 0.3) is 0 Å². The minimum absolute atomic E-state index is 0.0897. The Hall–Kier alpha value is -1.69. The van der Waals surface area contributed by atoms with Crippen molar-refractivity contribution in [3.63, 3.8) is 0 Å². The van der Waals surface area contributed by atoms with E-state index in [4.69, 9.17) is 0 Å². The lowest BCUT2D eigenvalue weighted by molar-refractivity contribution is -0.118. The average Bonchev–Trinajstić information content (AvgIpc) is 2.25. The van der Waals surface area contributed by atoms with Crippen LogP contribution in [0.3, 0.4) is 0 Å². The molecule has 0 spiro atoms. The minimum atomic E-state index is -3.25. The largest absolute Gasteiger partial charge is 0.349 e. The first-order valence-electron chi connectivity index (χ1n) is 4.88. The molecule has 1 aromatic carbocycles. The number of rotatable bonds is 4. The van der Waals surface area contributed by atoms with Gasteiger partial charge in [-0.2, -0.15) is 0 Å². The smallest absolute Gasteiger partial charge is 0.217 e. The molecule has 5 nitrogen and oxygen atoms in total. The molecular weight excluding hydrogens is 242 g/mol. The van der Waals surface area contributed by atoms with Crippen molar-refractivity contribution in [1.82, 2.24) is 5.32 Å². The number of ketones is 1. The molecule has 0 aliphatic rings. The van der Waals surface area contributed by atoms with Gasteiger partial charge in [-0.25, -0.2) is 8.42 Å². The number of hydrogen-bond acceptors (Lipinski definition) is 4. The average molecular weight is 255 g/mol. The minimum Gasteiger partial charge on any atom is -0.349 e. The molecule has 0 saturated heterocycles. The molecule has 17 heavy (non-hydrogen) atoms. The van der Waals surface area contributed by atoms with E-state index in [0.717, 1.165) is 6.26 Å². The monoisotopic (exact) mass is 255 g/mol. The van der Waals surface area contributed by atoms with Gasteiger partial charge in [-0.3, -0.25) is 9.59 Å². The number of carbonyl (C=O) groups excluding carboxylic acids is 2. The molecule has 0 aliphatic heterocycles. The Labute approximate surface area is 99.8 Å². The van der Waals surface area contributed by atoms with Crippen molar-refractivity contribution in [2.75, 3.05) is 12.8 Å². The van der Waals surface area contributed by atoms with Crippen LogP contribution >= 0.6 is 0 Å². The summed E-state index contributed by atoms with van der Waals surface area (Å²) in [6.07, 6.45) is 1.10.